The van der Waals surface area contributed by atoms with Gasteiger partial charge in [-0.05, 0) is 32.9 Å². The van der Waals surface area contributed by atoms with Crippen molar-refractivity contribution in [1.82, 2.24) is 15.5 Å². The summed E-state index contributed by atoms with van der Waals surface area (Å²) in [5, 5.41) is 6.82. The molecule has 1 aliphatic rings. The number of halogens is 1. The van der Waals surface area contributed by atoms with Crippen molar-refractivity contribution in [3.05, 3.63) is 35.9 Å². The highest BCUT2D eigenvalue weighted by Gasteiger charge is 2.32. The molecule has 1 saturated heterocycles. The Morgan fingerprint density at radius 3 is 2.55 bits per heavy atom. The van der Waals surface area contributed by atoms with Crippen molar-refractivity contribution in [1.29, 1.82) is 0 Å². The molecule has 0 radical (unpaired) electrons. The molecule has 1 aromatic rings. The van der Waals surface area contributed by atoms with Crippen molar-refractivity contribution >= 4 is 29.9 Å². The van der Waals surface area contributed by atoms with E-state index in [1.54, 1.807) is 7.11 Å². The van der Waals surface area contributed by atoms with Crippen molar-refractivity contribution in [3.8, 4) is 0 Å². The van der Waals surface area contributed by atoms with Crippen LogP contribution in [-0.4, -0.2) is 69.5 Å². The molecule has 0 saturated carbocycles. The van der Waals surface area contributed by atoms with Crippen LogP contribution in [0.1, 0.15) is 38.7 Å². The first kappa shape index (κ1) is 26.1. The lowest BCUT2D eigenvalue weighted by atomic mass is 9.94. The van der Waals surface area contributed by atoms with Crippen LogP contribution in [0, 0.1) is 0 Å². The maximum Gasteiger partial charge on any atom is 0.191 e. The minimum absolute atomic E-state index is 0. The van der Waals surface area contributed by atoms with Crippen LogP contribution >= 0.6 is 24.0 Å². The van der Waals surface area contributed by atoms with E-state index >= 15 is 0 Å². The summed E-state index contributed by atoms with van der Waals surface area (Å²) in [5.74, 6) is 0.864. The Bertz CT molecular complexity index is 579. The number of nitrogens with zero attached hydrogens (tertiary/aromatic N) is 2. The molecule has 7 heteroatoms. The van der Waals surface area contributed by atoms with Crippen molar-refractivity contribution in [2.24, 2.45) is 4.99 Å². The van der Waals surface area contributed by atoms with Crippen LogP contribution in [0.2, 0.25) is 0 Å². The van der Waals surface area contributed by atoms with Crippen molar-refractivity contribution in [2.75, 3.05) is 47.0 Å². The molecule has 1 heterocycles. The second-order valence-electron chi connectivity index (χ2n) is 7.66. The first-order valence-electron chi connectivity index (χ1n) is 10.5. The fourth-order valence-electron chi connectivity index (χ4n) is 3.38. The van der Waals surface area contributed by atoms with Gasteiger partial charge in [-0.25, -0.2) is 0 Å². The molecule has 0 bridgehead atoms. The number of hydrogen-bond acceptors (Lipinski definition) is 4. The zero-order valence-corrected chi connectivity index (χ0v) is 20.8. The minimum atomic E-state index is -0.191. The number of benzene rings is 1. The molecule has 166 valence electrons. The average molecular weight is 518 g/mol. The van der Waals surface area contributed by atoms with Gasteiger partial charge in [-0.1, -0.05) is 30.3 Å². The summed E-state index contributed by atoms with van der Waals surface area (Å²) >= 11 is 0. The average Bonchev–Trinajstić information content (AvgIpc) is 2.73. The summed E-state index contributed by atoms with van der Waals surface area (Å²) in [5.41, 5.74) is 1.16. The molecule has 1 atom stereocenters. The molecule has 1 aliphatic heterocycles. The van der Waals surface area contributed by atoms with Crippen LogP contribution in [-0.2, 0) is 16.0 Å². The van der Waals surface area contributed by atoms with Crippen LogP contribution in [0.25, 0.3) is 0 Å². The summed E-state index contributed by atoms with van der Waals surface area (Å²) in [6.45, 7) is 9.22. The first-order chi connectivity index (χ1) is 13.6. The predicted octanol–water partition coefficient (Wildman–Crippen LogP) is 3.27. The first-order valence-corrected chi connectivity index (χ1v) is 10.5. The second kappa shape index (κ2) is 14.2. The number of nitrogens with one attached hydrogen (secondary N) is 2. The van der Waals surface area contributed by atoms with Gasteiger partial charge in [0, 0.05) is 58.8 Å². The van der Waals surface area contributed by atoms with Gasteiger partial charge in [0.1, 0.15) is 0 Å². The van der Waals surface area contributed by atoms with E-state index in [1.165, 1.54) is 5.56 Å². The third kappa shape index (κ3) is 9.19. The van der Waals surface area contributed by atoms with E-state index in [-0.39, 0.29) is 29.6 Å². The number of rotatable bonds is 10. The molecule has 2 N–H and O–H groups in total. The number of aliphatic imine (C=N–C) groups is 1. The van der Waals surface area contributed by atoms with E-state index in [0.717, 1.165) is 58.1 Å². The highest BCUT2D eigenvalue weighted by atomic mass is 127. The van der Waals surface area contributed by atoms with Gasteiger partial charge in [-0.2, -0.15) is 0 Å². The maximum absolute atomic E-state index is 5.79. The van der Waals surface area contributed by atoms with E-state index in [0.29, 0.717) is 12.6 Å². The van der Waals surface area contributed by atoms with Crippen LogP contribution in [0.4, 0.5) is 0 Å². The summed E-state index contributed by atoms with van der Waals surface area (Å²) in [4.78, 5) is 7.18. The summed E-state index contributed by atoms with van der Waals surface area (Å²) in [6, 6.07) is 11.1. The molecule has 0 aliphatic carbocycles. The number of methoxy groups -OCH3 is 1. The highest BCUT2D eigenvalue weighted by Crippen LogP contribution is 2.24. The largest absolute Gasteiger partial charge is 0.381 e. The fraction of sp³-hybridized carbons (Fsp3) is 0.682. The smallest absolute Gasteiger partial charge is 0.191 e. The molecule has 1 unspecified atom stereocenters. The molecule has 29 heavy (non-hydrogen) atoms. The normalized spacial score (nSPS) is 17.5. The van der Waals surface area contributed by atoms with E-state index in [9.17, 15) is 0 Å². The maximum atomic E-state index is 5.79. The van der Waals surface area contributed by atoms with E-state index in [1.807, 2.05) is 0 Å². The molecule has 0 amide bonds. The predicted molar refractivity (Wildman–Crippen MR) is 131 cm³/mol. The summed E-state index contributed by atoms with van der Waals surface area (Å²) < 4.78 is 11.3. The number of hydrogen-bond donors (Lipinski definition) is 2. The Kier molecular flexibility index (Phi) is 12.8. The minimum Gasteiger partial charge on any atom is -0.381 e. The zero-order valence-electron chi connectivity index (χ0n) is 18.4. The molecule has 1 fully saturated rings. The monoisotopic (exact) mass is 518 g/mol. The Morgan fingerprint density at radius 2 is 1.93 bits per heavy atom. The molecular formula is C22H39IN4O2. The third-order valence-electron chi connectivity index (χ3n) is 5.59. The van der Waals surface area contributed by atoms with Crippen LogP contribution < -0.4 is 10.6 Å². The Labute approximate surface area is 193 Å². The standard InChI is InChI=1S/C22H38N4O2.HI/c1-5-23-21(25-18-22(27-4)12-15-28-16-13-22)24-14-11-19(2)26(3)17-20-9-7-6-8-10-20;/h6-10,19H,5,11-18H2,1-4H3,(H2,23,24,25);1H. The lowest BCUT2D eigenvalue weighted by molar-refractivity contribution is -0.0828. The van der Waals surface area contributed by atoms with Crippen LogP contribution in [0.5, 0.6) is 0 Å². The molecular weight excluding hydrogens is 479 g/mol. The van der Waals surface area contributed by atoms with Crippen molar-refractivity contribution in [3.63, 3.8) is 0 Å². The van der Waals surface area contributed by atoms with Gasteiger partial charge < -0.3 is 20.1 Å². The summed E-state index contributed by atoms with van der Waals surface area (Å²) in [7, 11) is 3.97. The molecule has 6 nitrogen and oxygen atoms in total. The van der Waals surface area contributed by atoms with E-state index < -0.39 is 0 Å². The van der Waals surface area contributed by atoms with Gasteiger partial charge in [0.15, 0.2) is 5.96 Å². The van der Waals surface area contributed by atoms with Gasteiger partial charge in [0.2, 0.25) is 0 Å². The zero-order chi connectivity index (χ0) is 20.2. The Hall–Kier alpha value is -0.900. The van der Waals surface area contributed by atoms with E-state index in [2.05, 4.69) is 66.8 Å². The van der Waals surface area contributed by atoms with Gasteiger partial charge >= 0.3 is 0 Å². The molecule has 2 rings (SSSR count). The quantitative estimate of drug-likeness (QED) is 0.283. The van der Waals surface area contributed by atoms with Gasteiger partial charge in [0.25, 0.3) is 0 Å². The Balaban J connectivity index is 0.00000420. The fourth-order valence-corrected chi connectivity index (χ4v) is 3.38. The van der Waals surface area contributed by atoms with Crippen LogP contribution in [0.3, 0.4) is 0 Å². The lowest BCUT2D eigenvalue weighted by Gasteiger charge is -2.34. The Morgan fingerprint density at radius 1 is 1.24 bits per heavy atom. The van der Waals surface area contributed by atoms with Gasteiger partial charge in [0.05, 0.1) is 12.1 Å². The molecule has 0 spiro atoms. The molecule has 0 aromatic heterocycles. The summed E-state index contributed by atoms with van der Waals surface area (Å²) in [6.07, 6.45) is 2.85. The van der Waals surface area contributed by atoms with Gasteiger partial charge in [-0.15, -0.1) is 24.0 Å². The third-order valence-corrected chi connectivity index (χ3v) is 5.59. The topological polar surface area (TPSA) is 58.1 Å². The van der Waals surface area contributed by atoms with Crippen molar-refractivity contribution < 1.29 is 9.47 Å². The van der Waals surface area contributed by atoms with E-state index in [4.69, 9.17) is 14.5 Å². The lowest BCUT2D eigenvalue weighted by Crippen LogP contribution is -2.44. The van der Waals surface area contributed by atoms with Crippen LogP contribution in [0.15, 0.2) is 35.3 Å². The highest BCUT2D eigenvalue weighted by molar-refractivity contribution is 14.0. The SMILES string of the molecule is CCNC(=NCC1(OC)CCOCC1)NCCC(C)N(C)Cc1ccccc1.I. The molecule has 1 aromatic carbocycles. The second-order valence-corrected chi connectivity index (χ2v) is 7.66. The van der Waals surface area contributed by atoms with Crippen molar-refractivity contribution in [2.45, 2.75) is 51.3 Å². The van der Waals surface area contributed by atoms with Gasteiger partial charge in [-0.3, -0.25) is 9.89 Å². The number of ether oxygens (including phenoxy) is 2. The number of guanidine groups is 1.